The Morgan fingerprint density at radius 1 is 1.08 bits per heavy atom. The maximum atomic E-state index is 13.7. The third-order valence-electron chi connectivity index (χ3n) is 3.48. The van der Waals surface area contributed by atoms with E-state index in [2.05, 4.69) is 10.3 Å². The molecule has 24 heavy (non-hydrogen) atoms. The van der Waals surface area contributed by atoms with Crippen molar-refractivity contribution in [1.82, 2.24) is 5.32 Å². The molecule has 1 aromatic rings. The fourth-order valence-corrected chi connectivity index (χ4v) is 2.20. The van der Waals surface area contributed by atoms with E-state index in [0.717, 1.165) is 0 Å². The molecular formula is C15H15F5N2O2. The average Bonchev–Trinajstić information content (AvgIpc) is 2.94. The molecule has 1 aliphatic heterocycles. The van der Waals surface area contributed by atoms with E-state index >= 15 is 0 Å². The highest BCUT2D eigenvalue weighted by molar-refractivity contribution is 5.98. The second kappa shape index (κ2) is 6.74. The second-order valence-corrected chi connectivity index (χ2v) is 5.77. The topological polar surface area (TPSA) is 50.7 Å². The normalized spacial score (nSPS) is 18.4. The van der Waals surface area contributed by atoms with Gasteiger partial charge in [0, 0.05) is 0 Å². The molecule has 9 heteroatoms. The van der Waals surface area contributed by atoms with E-state index in [0.29, 0.717) is 0 Å². The number of carbonyl (C=O) groups excluding carboxylic acids is 1. The van der Waals surface area contributed by atoms with Crippen molar-refractivity contribution in [1.29, 1.82) is 0 Å². The van der Waals surface area contributed by atoms with E-state index in [1.165, 1.54) is 0 Å². The molecule has 1 N–H and O–H groups in total. The lowest BCUT2D eigenvalue weighted by Crippen LogP contribution is -2.45. The van der Waals surface area contributed by atoms with Crippen LogP contribution < -0.4 is 5.32 Å². The number of hydrogen-bond donors (Lipinski definition) is 1. The van der Waals surface area contributed by atoms with E-state index in [1.807, 2.05) is 0 Å². The summed E-state index contributed by atoms with van der Waals surface area (Å²) in [6.07, 6.45) is 0. The molecule has 1 aromatic carbocycles. The third-order valence-corrected chi connectivity index (χ3v) is 3.48. The molecule has 0 saturated heterocycles. The highest BCUT2D eigenvalue weighted by Gasteiger charge is 2.33. The van der Waals surface area contributed by atoms with E-state index in [1.54, 1.807) is 20.8 Å². The quantitative estimate of drug-likeness (QED) is 0.516. The summed E-state index contributed by atoms with van der Waals surface area (Å²) < 4.78 is 72.2. The zero-order valence-electron chi connectivity index (χ0n) is 13.1. The first-order valence-electron chi connectivity index (χ1n) is 7.17. The molecule has 0 aromatic heterocycles. The molecule has 0 aliphatic carbocycles. The minimum absolute atomic E-state index is 0.148. The standard InChI is InChI=1S/C15H15F5N2O2/c1-5(2)13(15-21-6(3)4-24-15)22-14(23)7-8(16)10(18)12(20)11(19)9(7)17/h5-6,13H,4H2,1-3H3,(H,22,23)/t6-,13?/m0/s1. The van der Waals surface area contributed by atoms with E-state index in [9.17, 15) is 26.7 Å². The molecule has 0 saturated carbocycles. The molecular weight excluding hydrogens is 335 g/mol. The number of carbonyl (C=O) groups is 1. The smallest absolute Gasteiger partial charge is 0.258 e. The summed E-state index contributed by atoms with van der Waals surface area (Å²) in [5.74, 6) is -12.6. The van der Waals surface area contributed by atoms with Gasteiger partial charge < -0.3 is 10.1 Å². The van der Waals surface area contributed by atoms with Crippen LogP contribution in [0.15, 0.2) is 4.99 Å². The van der Waals surface area contributed by atoms with Crippen molar-refractivity contribution >= 4 is 11.8 Å². The Kier molecular flexibility index (Phi) is 5.10. The summed E-state index contributed by atoms with van der Waals surface area (Å²) in [5, 5.41) is 2.22. The van der Waals surface area contributed by atoms with Gasteiger partial charge in [0.25, 0.3) is 5.91 Å². The van der Waals surface area contributed by atoms with Gasteiger partial charge in [0.2, 0.25) is 11.7 Å². The molecule has 0 spiro atoms. The van der Waals surface area contributed by atoms with Gasteiger partial charge in [-0.1, -0.05) is 13.8 Å². The molecule has 0 bridgehead atoms. The molecule has 1 aliphatic rings. The van der Waals surface area contributed by atoms with Crippen LogP contribution in [0.2, 0.25) is 0 Å². The van der Waals surface area contributed by atoms with Crippen LogP contribution in [0.3, 0.4) is 0 Å². The van der Waals surface area contributed by atoms with Crippen LogP contribution in [-0.2, 0) is 4.74 Å². The van der Waals surface area contributed by atoms with Crippen molar-refractivity contribution in [2.24, 2.45) is 10.9 Å². The monoisotopic (exact) mass is 350 g/mol. The summed E-state index contributed by atoms with van der Waals surface area (Å²) in [4.78, 5) is 16.2. The Morgan fingerprint density at radius 3 is 2.00 bits per heavy atom. The number of benzene rings is 1. The zero-order valence-corrected chi connectivity index (χ0v) is 13.1. The molecule has 2 rings (SSSR count). The maximum Gasteiger partial charge on any atom is 0.258 e. The summed E-state index contributed by atoms with van der Waals surface area (Å²) in [6.45, 7) is 5.39. The first-order valence-corrected chi connectivity index (χ1v) is 7.17. The summed E-state index contributed by atoms with van der Waals surface area (Å²) in [6, 6.07) is -1.02. The van der Waals surface area contributed by atoms with E-state index < -0.39 is 46.6 Å². The molecule has 4 nitrogen and oxygen atoms in total. The van der Waals surface area contributed by atoms with Crippen molar-refractivity contribution in [3.8, 4) is 0 Å². The largest absolute Gasteiger partial charge is 0.477 e. The van der Waals surface area contributed by atoms with Crippen molar-refractivity contribution in [2.75, 3.05) is 6.61 Å². The van der Waals surface area contributed by atoms with Crippen LogP contribution in [0, 0.1) is 35.0 Å². The van der Waals surface area contributed by atoms with Gasteiger partial charge in [-0.15, -0.1) is 0 Å². The number of ether oxygens (including phenoxy) is 1. The van der Waals surface area contributed by atoms with Gasteiger partial charge in [-0.3, -0.25) is 4.79 Å². The van der Waals surface area contributed by atoms with Crippen LogP contribution >= 0.6 is 0 Å². The van der Waals surface area contributed by atoms with Crippen molar-refractivity contribution in [2.45, 2.75) is 32.9 Å². The van der Waals surface area contributed by atoms with Gasteiger partial charge in [-0.05, 0) is 12.8 Å². The first kappa shape index (κ1) is 18.2. The average molecular weight is 350 g/mol. The number of nitrogens with one attached hydrogen (secondary N) is 1. The fraction of sp³-hybridized carbons (Fsp3) is 0.467. The highest BCUT2D eigenvalue weighted by Crippen LogP contribution is 2.23. The van der Waals surface area contributed by atoms with Gasteiger partial charge in [0.05, 0.1) is 6.04 Å². The molecule has 0 radical (unpaired) electrons. The number of amides is 1. The van der Waals surface area contributed by atoms with Gasteiger partial charge in [0.1, 0.15) is 18.2 Å². The van der Waals surface area contributed by atoms with Crippen LogP contribution in [0.25, 0.3) is 0 Å². The lowest BCUT2D eigenvalue weighted by Gasteiger charge is -2.22. The Labute approximate surface area is 134 Å². The predicted molar refractivity (Wildman–Crippen MR) is 75.2 cm³/mol. The summed E-state index contributed by atoms with van der Waals surface area (Å²) in [5.41, 5.74) is -1.54. The van der Waals surface area contributed by atoms with Gasteiger partial charge in [-0.2, -0.15) is 0 Å². The van der Waals surface area contributed by atoms with E-state index in [4.69, 9.17) is 4.74 Å². The van der Waals surface area contributed by atoms with Gasteiger partial charge in [-0.25, -0.2) is 26.9 Å². The van der Waals surface area contributed by atoms with Crippen LogP contribution in [0.4, 0.5) is 22.0 Å². The van der Waals surface area contributed by atoms with Crippen molar-refractivity contribution in [3.63, 3.8) is 0 Å². The molecule has 132 valence electrons. The Bertz CT molecular complexity index is 677. The van der Waals surface area contributed by atoms with Crippen LogP contribution in [0.1, 0.15) is 31.1 Å². The number of halogens is 5. The minimum atomic E-state index is -2.32. The van der Waals surface area contributed by atoms with Gasteiger partial charge in [0.15, 0.2) is 23.3 Å². The van der Waals surface area contributed by atoms with Crippen LogP contribution in [0.5, 0.6) is 0 Å². The SMILES string of the molecule is CC(C)C(NC(=O)c1c(F)c(F)c(F)c(F)c1F)C1=N[C@@H](C)CO1. The first-order chi connectivity index (χ1) is 11.1. The molecule has 1 unspecified atom stereocenters. The number of rotatable bonds is 4. The van der Waals surface area contributed by atoms with Crippen LogP contribution in [-0.4, -0.2) is 30.5 Å². The van der Waals surface area contributed by atoms with Crippen molar-refractivity contribution < 1.29 is 31.5 Å². The Balaban J connectivity index is 2.37. The molecule has 0 fully saturated rings. The number of nitrogens with zero attached hydrogens (tertiary/aromatic N) is 1. The third kappa shape index (κ3) is 3.20. The lowest BCUT2D eigenvalue weighted by molar-refractivity contribution is 0.0922. The zero-order chi connectivity index (χ0) is 18.2. The summed E-state index contributed by atoms with van der Waals surface area (Å²) >= 11 is 0. The molecule has 1 heterocycles. The lowest BCUT2D eigenvalue weighted by atomic mass is 10.0. The minimum Gasteiger partial charge on any atom is -0.477 e. The highest BCUT2D eigenvalue weighted by atomic mass is 19.2. The Morgan fingerprint density at radius 2 is 1.58 bits per heavy atom. The van der Waals surface area contributed by atoms with E-state index in [-0.39, 0.29) is 24.5 Å². The molecule has 1 amide bonds. The Hall–Kier alpha value is -2.19. The number of hydrogen-bond acceptors (Lipinski definition) is 3. The fourth-order valence-electron chi connectivity index (χ4n) is 2.20. The maximum absolute atomic E-state index is 13.7. The van der Waals surface area contributed by atoms with Gasteiger partial charge >= 0.3 is 0 Å². The predicted octanol–water partition coefficient (Wildman–Crippen LogP) is 2.95. The molecule has 2 atom stereocenters. The van der Waals surface area contributed by atoms with Crippen molar-refractivity contribution in [3.05, 3.63) is 34.6 Å². The second-order valence-electron chi connectivity index (χ2n) is 5.77. The number of aliphatic imine (C=N–C) groups is 1. The summed E-state index contributed by atoms with van der Waals surface area (Å²) in [7, 11) is 0.